The minimum absolute atomic E-state index is 0.212. The maximum atomic E-state index is 9.27. The number of hydrogen-bond acceptors (Lipinski definition) is 5. The Labute approximate surface area is 199 Å². The summed E-state index contributed by atoms with van der Waals surface area (Å²) in [5.74, 6) is 1.78. The highest BCUT2D eigenvalue weighted by Crippen LogP contribution is 2.31. The number of phenolic OH excluding ortho intramolecular Hbond substituents is 1. The van der Waals surface area contributed by atoms with Crippen LogP contribution in [-0.2, 0) is 6.42 Å². The summed E-state index contributed by atoms with van der Waals surface area (Å²) in [6, 6.07) is 10.9. The first-order chi connectivity index (χ1) is 15.5. The van der Waals surface area contributed by atoms with Crippen LogP contribution >= 0.6 is 11.9 Å². The van der Waals surface area contributed by atoms with Gasteiger partial charge in [-0.3, -0.25) is 5.14 Å². The van der Waals surface area contributed by atoms with Crippen molar-refractivity contribution in [3.8, 4) is 17.2 Å². The molecule has 4 N–H and O–H groups in total. The SMILES string of the molecule is CC.CC.Cc1cc(CCCO)cc(C)c1Oc1ccc(O)cc1.NSC1=CCCC=C1. The molecule has 0 radical (unpaired) electrons. The van der Waals surface area contributed by atoms with Crippen LogP contribution in [0, 0.1) is 13.8 Å². The number of aromatic hydroxyl groups is 1. The van der Waals surface area contributed by atoms with Crippen LogP contribution < -0.4 is 9.88 Å². The molecule has 1 aliphatic rings. The molecule has 0 saturated heterocycles. The van der Waals surface area contributed by atoms with E-state index < -0.39 is 0 Å². The Hall–Kier alpha value is -2.21. The Morgan fingerprint density at radius 1 is 0.969 bits per heavy atom. The average Bonchev–Trinajstić information content (AvgIpc) is 2.84. The Kier molecular flexibility index (Phi) is 17.1. The topological polar surface area (TPSA) is 75.7 Å². The highest BCUT2D eigenvalue weighted by molar-refractivity contribution is 8.01. The Morgan fingerprint density at radius 2 is 1.56 bits per heavy atom. The number of hydrogen-bond donors (Lipinski definition) is 3. The minimum atomic E-state index is 0.212. The number of nitrogens with two attached hydrogens (primary N) is 1. The van der Waals surface area contributed by atoms with Crippen molar-refractivity contribution >= 4 is 11.9 Å². The molecule has 0 bridgehead atoms. The highest BCUT2D eigenvalue weighted by Gasteiger charge is 2.08. The second-order valence-electron chi connectivity index (χ2n) is 6.69. The molecule has 178 valence electrons. The third-order valence-electron chi connectivity index (χ3n) is 4.30. The second-order valence-corrected chi connectivity index (χ2v) is 7.39. The van der Waals surface area contributed by atoms with E-state index in [1.54, 1.807) is 24.3 Å². The van der Waals surface area contributed by atoms with E-state index in [9.17, 15) is 5.11 Å². The molecule has 3 rings (SSSR count). The fourth-order valence-electron chi connectivity index (χ4n) is 2.94. The zero-order valence-corrected chi connectivity index (χ0v) is 21.3. The lowest BCUT2D eigenvalue weighted by Crippen LogP contribution is -1.96. The number of phenols is 1. The monoisotopic (exact) mass is 459 g/mol. The van der Waals surface area contributed by atoms with Crippen LogP contribution in [0.3, 0.4) is 0 Å². The number of allylic oxidation sites excluding steroid dienone is 3. The molecule has 0 fully saturated rings. The zero-order valence-electron chi connectivity index (χ0n) is 20.5. The predicted octanol–water partition coefficient (Wildman–Crippen LogP) is 7.61. The molecule has 2 aromatic carbocycles. The summed E-state index contributed by atoms with van der Waals surface area (Å²) in [7, 11) is 0. The number of aliphatic hydroxyl groups excluding tert-OH is 1. The largest absolute Gasteiger partial charge is 0.508 e. The van der Waals surface area contributed by atoms with Crippen molar-refractivity contribution < 1.29 is 14.9 Å². The van der Waals surface area contributed by atoms with Crippen LogP contribution in [0.4, 0.5) is 0 Å². The van der Waals surface area contributed by atoms with E-state index in [4.69, 9.17) is 15.0 Å². The molecule has 0 unspecified atom stereocenters. The van der Waals surface area contributed by atoms with Gasteiger partial charge in [-0.25, -0.2) is 0 Å². The van der Waals surface area contributed by atoms with Gasteiger partial charge in [0.25, 0.3) is 0 Å². The van der Waals surface area contributed by atoms with Crippen molar-refractivity contribution in [2.75, 3.05) is 6.61 Å². The lowest BCUT2D eigenvalue weighted by molar-refractivity contribution is 0.288. The van der Waals surface area contributed by atoms with Gasteiger partial charge in [-0.2, -0.15) is 0 Å². The Balaban J connectivity index is 0.000000666. The minimum Gasteiger partial charge on any atom is -0.508 e. The quantitative estimate of drug-likeness (QED) is 0.388. The van der Waals surface area contributed by atoms with Gasteiger partial charge in [-0.05, 0) is 92.4 Å². The summed E-state index contributed by atoms with van der Waals surface area (Å²) in [5.41, 5.74) is 3.36. The molecule has 5 heteroatoms. The number of ether oxygens (including phenoxy) is 1. The first-order valence-corrected chi connectivity index (χ1v) is 12.3. The van der Waals surface area contributed by atoms with E-state index in [1.807, 2.05) is 41.5 Å². The van der Waals surface area contributed by atoms with Crippen molar-refractivity contribution in [2.24, 2.45) is 5.14 Å². The van der Waals surface area contributed by atoms with Gasteiger partial charge in [0.1, 0.15) is 17.2 Å². The Morgan fingerprint density at radius 3 is 2.00 bits per heavy atom. The van der Waals surface area contributed by atoms with Gasteiger partial charge in [0.2, 0.25) is 0 Å². The molecule has 0 spiro atoms. The van der Waals surface area contributed by atoms with Crippen LogP contribution in [0.25, 0.3) is 0 Å². The van der Waals surface area contributed by atoms with Gasteiger partial charge in [0, 0.05) is 11.5 Å². The summed E-state index contributed by atoms with van der Waals surface area (Å²) in [6.45, 7) is 12.3. The predicted molar refractivity (Wildman–Crippen MR) is 140 cm³/mol. The van der Waals surface area contributed by atoms with Crippen molar-refractivity contribution in [3.05, 3.63) is 76.2 Å². The van der Waals surface area contributed by atoms with Gasteiger partial charge in [0.15, 0.2) is 0 Å². The molecule has 0 aromatic heterocycles. The summed E-state index contributed by atoms with van der Waals surface area (Å²) in [4.78, 5) is 1.19. The van der Waals surface area contributed by atoms with Gasteiger partial charge in [-0.15, -0.1) is 0 Å². The van der Waals surface area contributed by atoms with Gasteiger partial charge < -0.3 is 14.9 Å². The number of aliphatic hydroxyl groups is 1. The standard InChI is InChI=1S/C17H20O3.C6H9NS.2C2H6/c1-12-10-14(4-3-9-18)11-13(2)17(12)20-16-7-5-15(19)6-8-16;7-8-6-4-2-1-3-5-6;2*1-2/h5-8,10-11,18-19H,3-4,9H2,1-2H3;2,4-5H,1,3,7H2;2*1-2H3. The molecule has 0 atom stereocenters. The molecule has 0 heterocycles. The van der Waals surface area contributed by atoms with Gasteiger partial charge in [-0.1, -0.05) is 58.1 Å². The molecule has 32 heavy (non-hydrogen) atoms. The van der Waals surface area contributed by atoms with Gasteiger partial charge >= 0.3 is 0 Å². The maximum Gasteiger partial charge on any atom is 0.133 e. The van der Waals surface area contributed by atoms with Crippen LogP contribution in [0.15, 0.2) is 59.5 Å². The van der Waals surface area contributed by atoms with E-state index in [0.717, 1.165) is 36.1 Å². The fourth-order valence-corrected chi connectivity index (χ4v) is 3.33. The average molecular weight is 460 g/mol. The molecule has 2 aromatic rings. The Bertz CT molecular complexity index is 791. The van der Waals surface area contributed by atoms with Crippen molar-refractivity contribution in [2.45, 2.75) is 67.2 Å². The van der Waals surface area contributed by atoms with Crippen molar-refractivity contribution in [1.29, 1.82) is 0 Å². The molecule has 0 saturated carbocycles. The lowest BCUT2D eigenvalue weighted by Gasteiger charge is -2.14. The molecule has 0 aliphatic heterocycles. The first kappa shape index (κ1) is 29.8. The summed E-state index contributed by atoms with van der Waals surface area (Å²) < 4.78 is 5.89. The normalized spacial score (nSPS) is 11.6. The fraction of sp³-hybridized carbons (Fsp3) is 0.407. The lowest BCUT2D eigenvalue weighted by atomic mass is 10.0. The molecule has 0 amide bonds. The maximum absolute atomic E-state index is 9.27. The van der Waals surface area contributed by atoms with E-state index in [0.29, 0.717) is 5.75 Å². The molecule has 4 nitrogen and oxygen atoms in total. The summed E-state index contributed by atoms with van der Waals surface area (Å²) >= 11 is 1.32. The molecular weight excluding hydrogens is 418 g/mol. The number of aryl methyl sites for hydroxylation is 3. The van der Waals surface area contributed by atoms with Crippen LogP contribution in [-0.4, -0.2) is 16.8 Å². The summed E-state index contributed by atoms with van der Waals surface area (Å²) in [6.07, 6.45) is 10.3. The van der Waals surface area contributed by atoms with Crippen LogP contribution in [0.2, 0.25) is 0 Å². The highest BCUT2D eigenvalue weighted by atomic mass is 32.2. The van der Waals surface area contributed by atoms with E-state index in [-0.39, 0.29) is 12.4 Å². The first-order valence-electron chi connectivity index (χ1n) is 11.4. The molecular formula is C27H41NO3S. The van der Waals surface area contributed by atoms with Gasteiger partial charge in [0.05, 0.1) is 0 Å². The van der Waals surface area contributed by atoms with E-state index in [1.165, 1.54) is 28.8 Å². The van der Waals surface area contributed by atoms with Crippen LogP contribution in [0.1, 0.15) is 63.6 Å². The third kappa shape index (κ3) is 11.4. The molecule has 1 aliphatic carbocycles. The van der Waals surface area contributed by atoms with Crippen molar-refractivity contribution in [1.82, 2.24) is 0 Å². The summed E-state index contributed by atoms with van der Waals surface area (Å²) in [5, 5.41) is 23.5. The van der Waals surface area contributed by atoms with E-state index in [2.05, 4.69) is 30.4 Å². The van der Waals surface area contributed by atoms with Crippen molar-refractivity contribution in [3.63, 3.8) is 0 Å². The van der Waals surface area contributed by atoms with E-state index >= 15 is 0 Å². The zero-order chi connectivity index (χ0) is 24.4. The number of rotatable bonds is 6. The number of benzene rings is 2. The van der Waals surface area contributed by atoms with Crippen LogP contribution in [0.5, 0.6) is 17.2 Å². The smallest absolute Gasteiger partial charge is 0.133 e. The third-order valence-corrected chi connectivity index (χ3v) is 4.87. The second kappa shape index (κ2) is 18.4.